The van der Waals surface area contributed by atoms with Crippen molar-refractivity contribution in [2.24, 2.45) is 0 Å². The summed E-state index contributed by atoms with van der Waals surface area (Å²) >= 11 is 0. The number of halogens is 1. The minimum Gasteiger partial charge on any atom is -0.320 e. The lowest BCUT2D eigenvalue weighted by atomic mass is 9.88. The molecule has 4 nitrogen and oxygen atoms in total. The van der Waals surface area contributed by atoms with Crippen molar-refractivity contribution in [3.05, 3.63) is 71.0 Å². The van der Waals surface area contributed by atoms with E-state index in [2.05, 4.69) is 28.0 Å². The number of rotatable bonds is 1. The predicted octanol–water partition coefficient (Wildman–Crippen LogP) is 3.67. The van der Waals surface area contributed by atoms with E-state index >= 15 is 0 Å². The molecule has 0 spiro atoms. The summed E-state index contributed by atoms with van der Waals surface area (Å²) in [6.07, 6.45) is 3.00. The molecule has 6 rings (SSSR count). The maximum atomic E-state index is 13.7. The van der Waals surface area contributed by atoms with Crippen LogP contribution in [0.15, 0.2) is 48.5 Å². The minimum atomic E-state index is -0.246. The third-order valence-corrected chi connectivity index (χ3v) is 6.62. The summed E-state index contributed by atoms with van der Waals surface area (Å²) in [5.74, 6) is -0.246. The number of nitrogens with zero attached hydrogens (tertiary/aromatic N) is 3. The van der Waals surface area contributed by atoms with Crippen molar-refractivity contribution >= 4 is 6.03 Å². The monoisotopic (exact) mass is 379 g/mol. The topological polar surface area (TPSA) is 26.8 Å². The van der Waals surface area contributed by atoms with Gasteiger partial charge in [0, 0.05) is 38.8 Å². The van der Waals surface area contributed by atoms with Gasteiger partial charge in [-0.25, -0.2) is 9.18 Å². The highest BCUT2D eigenvalue weighted by molar-refractivity contribution is 5.77. The lowest BCUT2D eigenvalue weighted by molar-refractivity contribution is 0.119. The highest BCUT2D eigenvalue weighted by Crippen LogP contribution is 2.36. The van der Waals surface area contributed by atoms with Crippen molar-refractivity contribution in [1.82, 2.24) is 14.7 Å². The Labute approximate surface area is 165 Å². The van der Waals surface area contributed by atoms with Gasteiger partial charge < -0.3 is 14.7 Å². The van der Waals surface area contributed by atoms with Crippen molar-refractivity contribution in [3.8, 4) is 0 Å². The van der Waals surface area contributed by atoms with Crippen LogP contribution in [0.1, 0.15) is 35.6 Å². The van der Waals surface area contributed by atoms with Crippen LogP contribution in [0.4, 0.5) is 9.18 Å². The lowest BCUT2D eigenvalue weighted by Crippen LogP contribution is -2.51. The number of urea groups is 1. The second-order valence-corrected chi connectivity index (χ2v) is 8.15. The van der Waals surface area contributed by atoms with Crippen LogP contribution in [0.3, 0.4) is 0 Å². The summed E-state index contributed by atoms with van der Waals surface area (Å²) in [5.41, 5.74) is 3.42. The zero-order valence-corrected chi connectivity index (χ0v) is 16.1. The molecule has 4 aliphatic heterocycles. The molecule has 1 atom stereocenters. The number of carbonyl (C=O) groups is 1. The van der Waals surface area contributed by atoms with E-state index in [1.807, 2.05) is 23.1 Å². The number of fused-ring (bicyclic) bond motifs is 5. The van der Waals surface area contributed by atoms with Gasteiger partial charge in [-0.1, -0.05) is 36.4 Å². The van der Waals surface area contributed by atoms with E-state index in [-0.39, 0.29) is 17.9 Å². The average molecular weight is 379 g/mol. The summed E-state index contributed by atoms with van der Waals surface area (Å²) in [4.78, 5) is 20.3. The van der Waals surface area contributed by atoms with E-state index in [9.17, 15) is 9.18 Å². The summed E-state index contributed by atoms with van der Waals surface area (Å²) in [6.45, 7) is 4.66. The molecule has 5 heteroatoms. The molecule has 0 aromatic heterocycles. The number of amides is 2. The van der Waals surface area contributed by atoms with Gasteiger partial charge in [-0.05, 0) is 48.1 Å². The zero-order chi connectivity index (χ0) is 19.1. The van der Waals surface area contributed by atoms with Crippen LogP contribution in [0.2, 0.25) is 0 Å². The Hall–Kier alpha value is -2.40. The second kappa shape index (κ2) is 7.21. The molecule has 3 fully saturated rings. The molecule has 2 aromatic rings. The van der Waals surface area contributed by atoms with Gasteiger partial charge >= 0.3 is 6.03 Å². The van der Waals surface area contributed by atoms with Gasteiger partial charge in [0.25, 0.3) is 0 Å². The van der Waals surface area contributed by atoms with Crippen molar-refractivity contribution in [1.29, 1.82) is 0 Å². The third kappa shape index (κ3) is 3.08. The first-order valence-corrected chi connectivity index (χ1v) is 10.3. The van der Waals surface area contributed by atoms with Crippen LogP contribution < -0.4 is 0 Å². The van der Waals surface area contributed by atoms with Crippen LogP contribution in [0.25, 0.3) is 0 Å². The second-order valence-electron chi connectivity index (χ2n) is 8.15. The Morgan fingerprint density at radius 2 is 1.61 bits per heavy atom. The maximum Gasteiger partial charge on any atom is 0.321 e. The van der Waals surface area contributed by atoms with E-state index in [4.69, 9.17) is 0 Å². The molecule has 0 saturated carbocycles. The Morgan fingerprint density at radius 1 is 0.857 bits per heavy atom. The van der Waals surface area contributed by atoms with Crippen LogP contribution in [0.5, 0.6) is 0 Å². The molecule has 2 aromatic carbocycles. The van der Waals surface area contributed by atoms with Gasteiger partial charge in [-0.2, -0.15) is 0 Å². The van der Waals surface area contributed by atoms with Gasteiger partial charge in [0.2, 0.25) is 0 Å². The molecule has 2 amide bonds. The normalized spacial score (nSPS) is 26.7. The first-order valence-electron chi connectivity index (χ1n) is 10.3. The first kappa shape index (κ1) is 17.7. The van der Waals surface area contributed by atoms with Crippen LogP contribution in [-0.2, 0) is 6.42 Å². The zero-order valence-electron chi connectivity index (χ0n) is 16.1. The van der Waals surface area contributed by atoms with Gasteiger partial charge in [0.1, 0.15) is 5.82 Å². The number of carbonyl (C=O) groups excluding carboxylic acids is 1. The molecule has 0 N–H and O–H groups in total. The smallest absolute Gasteiger partial charge is 0.320 e. The van der Waals surface area contributed by atoms with Crippen LogP contribution in [-0.4, -0.2) is 59.5 Å². The summed E-state index contributed by atoms with van der Waals surface area (Å²) in [5, 5.41) is 0. The summed E-state index contributed by atoms with van der Waals surface area (Å²) in [6, 6.07) is 15.3. The summed E-state index contributed by atoms with van der Waals surface area (Å²) in [7, 11) is 0. The number of hydrogen-bond donors (Lipinski definition) is 0. The van der Waals surface area contributed by atoms with E-state index in [0.717, 1.165) is 56.6 Å². The Kier molecular flexibility index (Phi) is 4.55. The van der Waals surface area contributed by atoms with E-state index < -0.39 is 0 Å². The Morgan fingerprint density at radius 3 is 2.39 bits per heavy atom. The van der Waals surface area contributed by atoms with Crippen molar-refractivity contribution in [2.45, 2.75) is 31.3 Å². The third-order valence-electron chi connectivity index (χ3n) is 6.62. The standard InChI is InChI=1S/C23H26FN3O/c24-19-7-5-18(6-8-19)22-21-4-2-1-3-17(21)9-14-27(22)23(28)26-16-15-25-12-10-20(26)11-13-25/h1-8,20,22H,9-16H2/t22-/m0/s1. The highest BCUT2D eigenvalue weighted by atomic mass is 19.1. The van der Waals surface area contributed by atoms with Gasteiger partial charge in [-0.15, -0.1) is 0 Å². The minimum absolute atomic E-state index is 0.137. The predicted molar refractivity (Wildman–Crippen MR) is 107 cm³/mol. The van der Waals surface area contributed by atoms with Crippen molar-refractivity contribution in [2.75, 3.05) is 32.7 Å². The van der Waals surface area contributed by atoms with Crippen LogP contribution in [0, 0.1) is 5.82 Å². The fourth-order valence-corrected chi connectivity index (χ4v) is 5.08. The van der Waals surface area contributed by atoms with E-state index in [1.165, 1.54) is 17.7 Å². The average Bonchev–Trinajstić information content (AvgIpc) is 3.07. The van der Waals surface area contributed by atoms with E-state index in [0.29, 0.717) is 12.6 Å². The highest BCUT2D eigenvalue weighted by Gasteiger charge is 2.38. The fraction of sp³-hybridized carbons (Fsp3) is 0.435. The maximum absolute atomic E-state index is 13.7. The molecule has 0 radical (unpaired) electrons. The number of hydrogen-bond acceptors (Lipinski definition) is 2. The SMILES string of the molecule is O=C(N1CCN2CCC1CC2)N1CCc2ccccc2[C@@H]1c1ccc(F)cc1. The Balaban J connectivity index is 1.52. The van der Waals surface area contributed by atoms with Crippen molar-refractivity contribution in [3.63, 3.8) is 0 Å². The molecular weight excluding hydrogens is 353 g/mol. The molecule has 146 valence electrons. The summed E-state index contributed by atoms with van der Waals surface area (Å²) < 4.78 is 13.5. The quantitative estimate of drug-likeness (QED) is 0.756. The van der Waals surface area contributed by atoms with Gasteiger partial charge in [-0.3, -0.25) is 0 Å². The molecule has 0 aliphatic carbocycles. The van der Waals surface area contributed by atoms with Gasteiger partial charge in [0.05, 0.1) is 6.04 Å². The lowest BCUT2D eigenvalue weighted by Gasteiger charge is -2.42. The molecule has 4 heterocycles. The van der Waals surface area contributed by atoms with Gasteiger partial charge in [0.15, 0.2) is 0 Å². The molecule has 3 saturated heterocycles. The molecule has 4 aliphatic rings. The largest absolute Gasteiger partial charge is 0.321 e. The van der Waals surface area contributed by atoms with Crippen LogP contribution >= 0.6 is 0 Å². The van der Waals surface area contributed by atoms with E-state index in [1.54, 1.807) is 0 Å². The van der Waals surface area contributed by atoms with Crippen molar-refractivity contribution < 1.29 is 9.18 Å². The molecule has 28 heavy (non-hydrogen) atoms. The molecule has 0 unspecified atom stereocenters. The fourth-order valence-electron chi connectivity index (χ4n) is 5.08. The Bertz CT molecular complexity index is 860. The first-order chi connectivity index (χ1) is 13.7. The molecule has 2 bridgehead atoms. The number of piperidine rings is 1. The molecular formula is C23H26FN3O. The number of benzene rings is 2.